The van der Waals surface area contributed by atoms with Crippen molar-refractivity contribution >= 4 is 22.9 Å². The highest BCUT2D eigenvalue weighted by molar-refractivity contribution is 7.12. The summed E-state index contributed by atoms with van der Waals surface area (Å²) in [5, 5.41) is 0.0168. The van der Waals surface area contributed by atoms with E-state index in [2.05, 4.69) is 30.3 Å². The predicted molar refractivity (Wildman–Crippen MR) is 79.7 cm³/mol. The summed E-state index contributed by atoms with van der Waals surface area (Å²) in [6, 6.07) is 12.7. The standard InChI is InChI=1S/C16H17ClS/c17-16(12-7-3-1-4-8-12)15-11-13-9-5-2-6-10-14(13)18-15/h1,3-4,7-8,11,16H,2,5-6,9-10H2. The van der Waals surface area contributed by atoms with E-state index in [9.17, 15) is 0 Å². The molecule has 3 rings (SSSR count). The molecular formula is C16H17ClS. The molecule has 0 aliphatic heterocycles. The first kappa shape index (κ1) is 12.3. The molecule has 0 radical (unpaired) electrons. The fourth-order valence-electron chi connectivity index (χ4n) is 2.60. The molecule has 1 aliphatic carbocycles. The van der Waals surface area contributed by atoms with Crippen molar-refractivity contribution in [3.05, 3.63) is 57.3 Å². The fraction of sp³-hybridized carbons (Fsp3) is 0.375. The summed E-state index contributed by atoms with van der Waals surface area (Å²) in [7, 11) is 0. The third-order valence-electron chi connectivity index (χ3n) is 3.61. The lowest BCUT2D eigenvalue weighted by molar-refractivity contribution is 0.712. The van der Waals surface area contributed by atoms with E-state index in [0.717, 1.165) is 0 Å². The lowest BCUT2D eigenvalue weighted by Gasteiger charge is -2.07. The van der Waals surface area contributed by atoms with Gasteiger partial charge in [-0.2, -0.15) is 0 Å². The van der Waals surface area contributed by atoms with E-state index in [0.29, 0.717) is 0 Å². The van der Waals surface area contributed by atoms with Crippen molar-refractivity contribution in [2.24, 2.45) is 0 Å². The van der Waals surface area contributed by atoms with E-state index in [1.54, 1.807) is 10.4 Å². The number of benzene rings is 1. The largest absolute Gasteiger partial charge is 0.143 e. The van der Waals surface area contributed by atoms with Crippen molar-refractivity contribution in [1.82, 2.24) is 0 Å². The molecule has 0 fully saturated rings. The zero-order valence-electron chi connectivity index (χ0n) is 10.4. The smallest absolute Gasteiger partial charge is 0.0927 e. The van der Waals surface area contributed by atoms with Gasteiger partial charge in [0.2, 0.25) is 0 Å². The maximum atomic E-state index is 6.60. The van der Waals surface area contributed by atoms with Crippen LogP contribution in [0.15, 0.2) is 36.4 Å². The minimum atomic E-state index is 0.0168. The van der Waals surface area contributed by atoms with Gasteiger partial charge >= 0.3 is 0 Å². The molecule has 1 aromatic heterocycles. The van der Waals surface area contributed by atoms with Crippen molar-refractivity contribution in [2.45, 2.75) is 37.5 Å². The molecule has 0 nitrogen and oxygen atoms in total. The zero-order valence-corrected chi connectivity index (χ0v) is 11.9. The number of alkyl halides is 1. The van der Waals surface area contributed by atoms with Gasteiger partial charge in [0.15, 0.2) is 0 Å². The predicted octanol–water partition coefficient (Wildman–Crippen LogP) is 5.35. The number of thiophene rings is 1. The summed E-state index contributed by atoms with van der Waals surface area (Å²) in [6.07, 6.45) is 6.54. The molecule has 0 saturated carbocycles. The van der Waals surface area contributed by atoms with Crippen LogP contribution in [0.4, 0.5) is 0 Å². The fourth-order valence-corrected chi connectivity index (χ4v) is 4.21. The van der Waals surface area contributed by atoms with Gasteiger partial charge in [-0.25, -0.2) is 0 Å². The summed E-state index contributed by atoms with van der Waals surface area (Å²) >= 11 is 8.52. The van der Waals surface area contributed by atoms with Gasteiger partial charge < -0.3 is 0 Å². The highest BCUT2D eigenvalue weighted by Crippen LogP contribution is 2.37. The number of aryl methyl sites for hydroxylation is 2. The molecule has 1 aliphatic rings. The topological polar surface area (TPSA) is 0 Å². The molecule has 1 atom stereocenters. The van der Waals surface area contributed by atoms with Crippen LogP contribution < -0.4 is 0 Å². The Morgan fingerprint density at radius 3 is 2.61 bits per heavy atom. The molecule has 1 heterocycles. The van der Waals surface area contributed by atoms with E-state index >= 15 is 0 Å². The number of halogens is 1. The number of hydrogen-bond acceptors (Lipinski definition) is 1. The second kappa shape index (κ2) is 5.46. The van der Waals surface area contributed by atoms with E-state index in [4.69, 9.17) is 11.6 Å². The van der Waals surface area contributed by atoms with Crippen molar-refractivity contribution in [3.8, 4) is 0 Å². The Hall–Kier alpha value is -0.790. The summed E-state index contributed by atoms with van der Waals surface area (Å²) in [5.74, 6) is 0. The Bertz CT molecular complexity index is 492. The second-order valence-corrected chi connectivity index (χ2v) is 6.54. The molecule has 1 unspecified atom stereocenters. The van der Waals surface area contributed by atoms with Crippen molar-refractivity contribution in [2.75, 3.05) is 0 Å². The first-order chi connectivity index (χ1) is 8.84. The van der Waals surface area contributed by atoms with Crippen LogP contribution in [0.2, 0.25) is 0 Å². The first-order valence-corrected chi connectivity index (χ1v) is 7.90. The molecule has 94 valence electrons. The van der Waals surface area contributed by atoms with Gasteiger partial charge in [0.1, 0.15) is 0 Å². The Morgan fingerprint density at radius 2 is 1.78 bits per heavy atom. The average molecular weight is 277 g/mol. The summed E-state index contributed by atoms with van der Waals surface area (Å²) < 4.78 is 0. The lowest BCUT2D eigenvalue weighted by atomic mass is 10.1. The first-order valence-electron chi connectivity index (χ1n) is 6.65. The Balaban J connectivity index is 1.89. The summed E-state index contributed by atoms with van der Waals surface area (Å²) in [4.78, 5) is 2.89. The van der Waals surface area contributed by atoms with Crippen molar-refractivity contribution in [1.29, 1.82) is 0 Å². The van der Waals surface area contributed by atoms with Crippen LogP contribution in [-0.2, 0) is 12.8 Å². The summed E-state index contributed by atoms with van der Waals surface area (Å²) in [5.41, 5.74) is 2.75. The second-order valence-electron chi connectivity index (χ2n) is 4.93. The van der Waals surface area contributed by atoms with Crippen LogP contribution in [0.25, 0.3) is 0 Å². The molecule has 18 heavy (non-hydrogen) atoms. The lowest BCUT2D eigenvalue weighted by Crippen LogP contribution is -1.89. The Morgan fingerprint density at radius 1 is 1.00 bits per heavy atom. The molecule has 1 aromatic carbocycles. The number of rotatable bonds is 2. The van der Waals surface area contributed by atoms with Crippen LogP contribution in [0.1, 0.15) is 45.5 Å². The third-order valence-corrected chi connectivity index (χ3v) is 5.53. The quantitative estimate of drug-likeness (QED) is 0.513. The minimum Gasteiger partial charge on any atom is -0.143 e. The van der Waals surface area contributed by atoms with Crippen LogP contribution in [-0.4, -0.2) is 0 Å². The summed E-state index contributed by atoms with van der Waals surface area (Å²) in [6.45, 7) is 0. The number of hydrogen-bond donors (Lipinski definition) is 0. The third kappa shape index (κ3) is 2.48. The highest BCUT2D eigenvalue weighted by Gasteiger charge is 2.17. The molecule has 2 aromatic rings. The van der Waals surface area contributed by atoms with Crippen molar-refractivity contribution in [3.63, 3.8) is 0 Å². The molecule has 0 bridgehead atoms. The monoisotopic (exact) mass is 276 g/mol. The van der Waals surface area contributed by atoms with E-state index < -0.39 is 0 Å². The van der Waals surface area contributed by atoms with E-state index in [1.165, 1.54) is 42.5 Å². The molecule has 0 saturated heterocycles. The minimum absolute atomic E-state index is 0.0168. The zero-order chi connectivity index (χ0) is 12.4. The maximum absolute atomic E-state index is 6.60. The Kier molecular flexibility index (Phi) is 3.72. The van der Waals surface area contributed by atoms with Crippen LogP contribution in [0.5, 0.6) is 0 Å². The molecule has 0 amide bonds. The van der Waals surface area contributed by atoms with Gasteiger partial charge in [0.05, 0.1) is 5.38 Å². The van der Waals surface area contributed by atoms with Gasteiger partial charge in [-0.3, -0.25) is 0 Å². The van der Waals surface area contributed by atoms with E-state index in [1.807, 2.05) is 17.4 Å². The average Bonchev–Trinajstić information content (AvgIpc) is 2.70. The van der Waals surface area contributed by atoms with Gasteiger partial charge in [-0.1, -0.05) is 36.8 Å². The van der Waals surface area contributed by atoms with Crippen LogP contribution in [0.3, 0.4) is 0 Å². The van der Waals surface area contributed by atoms with Gasteiger partial charge in [0, 0.05) is 9.75 Å². The van der Waals surface area contributed by atoms with Crippen LogP contribution in [0, 0.1) is 0 Å². The van der Waals surface area contributed by atoms with Gasteiger partial charge in [-0.05, 0) is 42.9 Å². The SMILES string of the molecule is ClC(c1ccccc1)c1cc2c(s1)CCCCC2. The van der Waals surface area contributed by atoms with Crippen molar-refractivity contribution < 1.29 is 0 Å². The number of fused-ring (bicyclic) bond motifs is 1. The van der Waals surface area contributed by atoms with Gasteiger partial charge in [-0.15, -0.1) is 22.9 Å². The Labute approximate surface area is 118 Å². The van der Waals surface area contributed by atoms with E-state index in [-0.39, 0.29) is 5.38 Å². The van der Waals surface area contributed by atoms with Crippen LogP contribution >= 0.6 is 22.9 Å². The van der Waals surface area contributed by atoms with Gasteiger partial charge in [0.25, 0.3) is 0 Å². The molecular weight excluding hydrogens is 260 g/mol. The molecule has 0 spiro atoms. The molecule has 2 heteroatoms. The molecule has 0 N–H and O–H groups in total. The normalized spacial score (nSPS) is 16.9. The maximum Gasteiger partial charge on any atom is 0.0927 e. The highest BCUT2D eigenvalue weighted by atomic mass is 35.5.